The number of carbonyl (C=O) groups is 2. The van der Waals surface area contributed by atoms with E-state index in [4.69, 9.17) is 9.47 Å². The monoisotopic (exact) mass is 458 g/mol. The third-order valence-electron chi connectivity index (χ3n) is 4.95. The van der Waals surface area contributed by atoms with Crippen molar-refractivity contribution in [1.82, 2.24) is 4.72 Å². The molecule has 31 heavy (non-hydrogen) atoms. The Morgan fingerprint density at radius 2 is 2.10 bits per heavy atom. The molecule has 1 fully saturated rings. The van der Waals surface area contributed by atoms with Gasteiger partial charge in [0.05, 0.1) is 6.10 Å². The second-order valence-electron chi connectivity index (χ2n) is 8.66. The summed E-state index contributed by atoms with van der Waals surface area (Å²) in [4.78, 5) is 23.2. The molecule has 0 spiro atoms. The number of hydrogen-bond acceptors (Lipinski definition) is 7. The van der Waals surface area contributed by atoms with E-state index in [1.54, 1.807) is 25.5 Å². The summed E-state index contributed by atoms with van der Waals surface area (Å²) in [7, 11) is -4.23. The summed E-state index contributed by atoms with van der Waals surface area (Å²) in [5, 5.41) is 10.3. The standard InChI is InChI=1S/C20H27FN2O7S/c1-20(2,3)30-17(26)5-4-8-29-13-6-7-14-12(9-13)10-15(24)19(18(14)21)23-11-16(25)22-31(23,27)28/h10,13,24H,4-9,11H2,1-3H3,(H,22,25). The summed E-state index contributed by atoms with van der Waals surface area (Å²) < 4.78 is 52.5. The largest absolute Gasteiger partial charge is 0.506 e. The number of phenolic OH excluding ortho intramolecular Hbond substituents is 1. The molecule has 9 nitrogen and oxygen atoms in total. The van der Waals surface area contributed by atoms with Crippen molar-refractivity contribution in [2.24, 2.45) is 0 Å². The number of benzene rings is 1. The predicted octanol–water partition coefficient (Wildman–Crippen LogP) is 1.71. The SMILES string of the molecule is CC(C)(C)OC(=O)CCCOC1CCc2c(cc(O)c(N3CC(=O)NS3(=O)=O)c2F)C1. The molecule has 1 aliphatic carbocycles. The summed E-state index contributed by atoms with van der Waals surface area (Å²) in [5.41, 5.74) is -0.226. The highest BCUT2D eigenvalue weighted by atomic mass is 32.2. The topological polar surface area (TPSA) is 122 Å². The zero-order valence-corrected chi connectivity index (χ0v) is 18.6. The minimum Gasteiger partial charge on any atom is -0.506 e. The Hall–Kier alpha value is -2.40. The van der Waals surface area contributed by atoms with Gasteiger partial charge >= 0.3 is 16.2 Å². The minimum atomic E-state index is -4.23. The second kappa shape index (κ2) is 8.62. The predicted molar refractivity (Wildman–Crippen MR) is 109 cm³/mol. The maximum atomic E-state index is 15.1. The Morgan fingerprint density at radius 1 is 1.39 bits per heavy atom. The minimum absolute atomic E-state index is 0.213. The van der Waals surface area contributed by atoms with Gasteiger partial charge in [-0.15, -0.1) is 0 Å². The first-order chi connectivity index (χ1) is 14.4. The molecular formula is C20H27FN2O7S. The Morgan fingerprint density at radius 3 is 2.71 bits per heavy atom. The molecule has 1 unspecified atom stereocenters. The number of ether oxygens (including phenoxy) is 2. The molecule has 1 saturated heterocycles. The molecule has 0 bridgehead atoms. The Balaban J connectivity index is 1.62. The van der Waals surface area contributed by atoms with Crippen molar-refractivity contribution in [3.05, 3.63) is 23.0 Å². The molecule has 0 aromatic heterocycles. The van der Waals surface area contributed by atoms with Crippen molar-refractivity contribution in [1.29, 1.82) is 0 Å². The third kappa shape index (κ3) is 5.45. The van der Waals surface area contributed by atoms with E-state index in [2.05, 4.69) is 0 Å². The van der Waals surface area contributed by atoms with Crippen LogP contribution in [0.25, 0.3) is 0 Å². The van der Waals surface area contributed by atoms with E-state index in [9.17, 15) is 23.1 Å². The van der Waals surface area contributed by atoms with Gasteiger partial charge < -0.3 is 14.6 Å². The lowest BCUT2D eigenvalue weighted by molar-refractivity contribution is -0.155. The number of esters is 1. The average molecular weight is 459 g/mol. The highest BCUT2D eigenvalue weighted by Gasteiger charge is 2.39. The number of rotatable bonds is 6. The summed E-state index contributed by atoms with van der Waals surface area (Å²) in [5.74, 6) is -2.49. The molecule has 172 valence electrons. The summed E-state index contributed by atoms with van der Waals surface area (Å²) in [6.45, 7) is 5.15. The molecule has 3 rings (SSSR count). The molecule has 11 heteroatoms. The maximum Gasteiger partial charge on any atom is 0.326 e. The van der Waals surface area contributed by atoms with Crippen LogP contribution < -0.4 is 9.03 Å². The van der Waals surface area contributed by atoms with Gasteiger partial charge in [-0.3, -0.25) is 9.59 Å². The molecular weight excluding hydrogens is 431 g/mol. The smallest absolute Gasteiger partial charge is 0.326 e. The van der Waals surface area contributed by atoms with Crippen LogP contribution in [0.15, 0.2) is 6.07 Å². The molecule has 2 N–H and O–H groups in total. The number of phenols is 1. The summed E-state index contributed by atoms with van der Waals surface area (Å²) in [6.07, 6.45) is 1.65. The number of fused-ring (bicyclic) bond motifs is 1. The van der Waals surface area contributed by atoms with E-state index in [0.717, 1.165) is 0 Å². The first-order valence-corrected chi connectivity index (χ1v) is 11.5. The number of carbonyl (C=O) groups excluding carboxylic acids is 2. The van der Waals surface area contributed by atoms with Crippen molar-refractivity contribution >= 4 is 27.8 Å². The first-order valence-electron chi connectivity index (χ1n) is 10.1. The van der Waals surface area contributed by atoms with Crippen molar-refractivity contribution in [2.75, 3.05) is 17.5 Å². The van der Waals surface area contributed by atoms with Crippen LogP contribution in [0.2, 0.25) is 0 Å². The Bertz CT molecular complexity index is 988. The van der Waals surface area contributed by atoms with E-state index >= 15 is 4.39 Å². The van der Waals surface area contributed by atoms with Crippen LogP contribution in [-0.2, 0) is 42.1 Å². The van der Waals surface area contributed by atoms with Gasteiger partial charge in [-0.2, -0.15) is 8.42 Å². The van der Waals surface area contributed by atoms with Crippen LogP contribution in [0.5, 0.6) is 5.75 Å². The van der Waals surface area contributed by atoms with Crippen LogP contribution in [0.4, 0.5) is 10.1 Å². The molecule has 1 heterocycles. The van der Waals surface area contributed by atoms with E-state index in [-0.39, 0.29) is 18.5 Å². The second-order valence-corrected chi connectivity index (χ2v) is 10.3. The van der Waals surface area contributed by atoms with Crippen LogP contribution in [0.3, 0.4) is 0 Å². The van der Waals surface area contributed by atoms with Gasteiger partial charge in [-0.05, 0) is 63.6 Å². The third-order valence-corrected chi connectivity index (χ3v) is 6.32. The number of hydrogen-bond donors (Lipinski definition) is 2. The van der Waals surface area contributed by atoms with Crippen molar-refractivity contribution in [2.45, 2.75) is 64.6 Å². The fourth-order valence-electron chi connectivity index (χ4n) is 3.71. The lowest BCUT2D eigenvalue weighted by Gasteiger charge is -2.27. The van der Waals surface area contributed by atoms with E-state index < -0.39 is 45.5 Å². The van der Waals surface area contributed by atoms with E-state index in [1.807, 2.05) is 0 Å². The summed E-state index contributed by atoms with van der Waals surface area (Å²) in [6, 6.07) is 1.32. The number of aromatic hydroxyl groups is 1. The Labute approximate surface area is 180 Å². The molecule has 1 aliphatic heterocycles. The van der Waals surface area contributed by atoms with E-state index in [0.29, 0.717) is 47.7 Å². The highest BCUT2D eigenvalue weighted by Crippen LogP contribution is 2.39. The van der Waals surface area contributed by atoms with Gasteiger partial charge in [0.1, 0.15) is 23.6 Å². The molecule has 1 atom stereocenters. The molecule has 0 radical (unpaired) electrons. The van der Waals surface area contributed by atoms with Gasteiger partial charge in [0, 0.05) is 13.0 Å². The van der Waals surface area contributed by atoms with E-state index in [1.165, 1.54) is 6.07 Å². The van der Waals surface area contributed by atoms with Crippen molar-refractivity contribution in [3.63, 3.8) is 0 Å². The fourth-order valence-corrected chi connectivity index (χ4v) is 4.87. The molecule has 1 aromatic rings. The first kappa shape index (κ1) is 23.3. The number of nitrogens with one attached hydrogen (secondary N) is 1. The van der Waals surface area contributed by atoms with Crippen LogP contribution in [-0.4, -0.2) is 50.3 Å². The maximum absolute atomic E-state index is 15.1. The van der Waals surface area contributed by atoms with Crippen molar-refractivity contribution in [3.8, 4) is 5.75 Å². The highest BCUT2D eigenvalue weighted by molar-refractivity contribution is 7.92. The Kier molecular flexibility index (Phi) is 6.47. The fraction of sp³-hybridized carbons (Fsp3) is 0.600. The van der Waals surface area contributed by atoms with Gasteiger partial charge in [-0.1, -0.05) is 0 Å². The zero-order valence-electron chi connectivity index (χ0n) is 17.7. The van der Waals surface area contributed by atoms with Crippen LogP contribution >= 0.6 is 0 Å². The lowest BCUT2D eigenvalue weighted by atomic mass is 9.88. The lowest BCUT2D eigenvalue weighted by Crippen LogP contribution is -2.31. The van der Waals surface area contributed by atoms with Gasteiger partial charge in [0.2, 0.25) is 0 Å². The van der Waals surface area contributed by atoms with Gasteiger partial charge in [0.25, 0.3) is 5.91 Å². The number of nitrogens with zero attached hydrogens (tertiary/aromatic N) is 1. The number of amides is 1. The molecule has 2 aliphatic rings. The number of halogens is 1. The van der Waals surface area contributed by atoms with Crippen LogP contribution in [0.1, 0.15) is 51.2 Å². The molecule has 0 saturated carbocycles. The summed E-state index contributed by atoms with van der Waals surface area (Å²) >= 11 is 0. The quantitative estimate of drug-likeness (QED) is 0.491. The van der Waals surface area contributed by atoms with Crippen molar-refractivity contribution < 1.29 is 37.0 Å². The zero-order chi connectivity index (χ0) is 23.0. The van der Waals surface area contributed by atoms with Gasteiger partial charge in [0.15, 0.2) is 5.82 Å². The number of anilines is 1. The van der Waals surface area contributed by atoms with Gasteiger partial charge in [-0.25, -0.2) is 13.4 Å². The van der Waals surface area contributed by atoms with Crippen LogP contribution in [0, 0.1) is 5.82 Å². The molecule has 1 aromatic carbocycles. The average Bonchev–Trinajstić information content (AvgIpc) is 2.89. The molecule has 1 amide bonds. The normalized spacial score (nSPS) is 20.3.